The summed E-state index contributed by atoms with van der Waals surface area (Å²) in [5.74, 6) is 1.55. The second kappa shape index (κ2) is 6.82. The molecule has 1 aliphatic heterocycles. The molecule has 2 heterocycles. The van der Waals surface area contributed by atoms with Gasteiger partial charge in [0, 0.05) is 23.8 Å². The van der Waals surface area contributed by atoms with Gasteiger partial charge >= 0.3 is 0 Å². The molecule has 5 heteroatoms. The number of carbonyl (C=O) groups excluding carboxylic acids is 1. The van der Waals surface area contributed by atoms with E-state index in [2.05, 4.69) is 20.4 Å². The van der Waals surface area contributed by atoms with Crippen molar-refractivity contribution in [3.63, 3.8) is 0 Å². The maximum absolute atomic E-state index is 12.9. The fourth-order valence-electron chi connectivity index (χ4n) is 4.00. The Morgan fingerprint density at radius 1 is 1.12 bits per heavy atom. The predicted molar refractivity (Wildman–Crippen MR) is 97.9 cm³/mol. The number of aryl methyl sites for hydroxylation is 1. The maximum Gasteiger partial charge on any atom is 0.254 e. The summed E-state index contributed by atoms with van der Waals surface area (Å²) in [4.78, 5) is 15.0. The normalized spacial score (nSPS) is 20.4. The summed E-state index contributed by atoms with van der Waals surface area (Å²) in [5, 5.41) is 11.4. The molecule has 1 saturated carbocycles. The van der Waals surface area contributed by atoms with Crippen molar-refractivity contribution in [1.82, 2.24) is 15.1 Å². The van der Waals surface area contributed by atoms with Crippen LogP contribution in [0.15, 0.2) is 36.4 Å². The highest BCUT2D eigenvalue weighted by Crippen LogP contribution is 2.37. The lowest BCUT2D eigenvalue weighted by Crippen LogP contribution is -2.54. The number of benzene rings is 1. The van der Waals surface area contributed by atoms with E-state index >= 15 is 0 Å². The SMILES string of the molecule is Cc1ccc(Nc2cccc(C(=O)N3CCC3C3CCCC3)c2)nn1. The van der Waals surface area contributed by atoms with Gasteiger partial charge in [0.2, 0.25) is 0 Å². The van der Waals surface area contributed by atoms with Gasteiger partial charge in [-0.25, -0.2) is 0 Å². The predicted octanol–water partition coefficient (Wildman–Crippen LogP) is 3.93. The topological polar surface area (TPSA) is 58.1 Å². The summed E-state index contributed by atoms with van der Waals surface area (Å²) < 4.78 is 0. The molecular formula is C20H24N4O. The summed E-state index contributed by atoms with van der Waals surface area (Å²) in [6.07, 6.45) is 6.36. The quantitative estimate of drug-likeness (QED) is 0.919. The fraction of sp³-hybridized carbons (Fsp3) is 0.450. The van der Waals surface area contributed by atoms with Gasteiger partial charge in [-0.3, -0.25) is 4.79 Å². The van der Waals surface area contributed by atoms with Gasteiger partial charge < -0.3 is 10.2 Å². The number of rotatable bonds is 4. The largest absolute Gasteiger partial charge is 0.339 e. The van der Waals surface area contributed by atoms with Crippen LogP contribution in [0.2, 0.25) is 0 Å². The first kappa shape index (κ1) is 16.1. The molecule has 1 saturated heterocycles. The second-order valence-electron chi connectivity index (χ2n) is 7.16. The monoisotopic (exact) mass is 336 g/mol. The molecule has 2 aliphatic rings. The van der Waals surface area contributed by atoms with Crippen LogP contribution in [0.4, 0.5) is 11.5 Å². The minimum atomic E-state index is 0.154. The third kappa shape index (κ3) is 3.36. The first-order valence-corrected chi connectivity index (χ1v) is 9.19. The molecule has 1 aromatic heterocycles. The average molecular weight is 336 g/mol. The Morgan fingerprint density at radius 2 is 1.96 bits per heavy atom. The van der Waals surface area contributed by atoms with Crippen LogP contribution < -0.4 is 5.32 Å². The molecule has 2 fully saturated rings. The first-order valence-electron chi connectivity index (χ1n) is 9.19. The molecule has 1 aliphatic carbocycles. The van der Waals surface area contributed by atoms with Crippen LogP contribution >= 0.6 is 0 Å². The number of anilines is 2. The Hall–Kier alpha value is -2.43. The molecule has 5 nitrogen and oxygen atoms in total. The van der Waals surface area contributed by atoms with E-state index in [1.807, 2.05) is 43.3 Å². The second-order valence-corrected chi connectivity index (χ2v) is 7.16. The molecule has 2 aromatic rings. The highest BCUT2D eigenvalue weighted by molar-refractivity contribution is 5.96. The van der Waals surface area contributed by atoms with Crippen molar-refractivity contribution >= 4 is 17.4 Å². The molecule has 1 amide bonds. The van der Waals surface area contributed by atoms with Gasteiger partial charge in [0.1, 0.15) is 0 Å². The van der Waals surface area contributed by atoms with E-state index in [0.29, 0.717) is 17.8 Å². The van der Waals surface area contributed by atoms with Crippen molar-refractivity contribution in [2.24, 2.45) is 5.92 Å². The van der Waals surface area contributed by atoms with Crippen LogP contribution in [0.3, 0.4) is 0 Å². The van der Waals surface area contributed by atoms with E-state index in [4.69, 9.17) is 0 Å². The van der Waals surface area contributed by atoms with Gasteiger partial charge in [-0.2, -0.15) is 5.10 Å². The minimum absolute atomic E-state index is 0.154. The van der Waals surface area contributed by atoms with Crippen LogP contribution in [-0.4, -0.2) is 33.6 Å². The number of likely N-dealkylation sites (tertiary alicyclic amines) is 1. The Labute approximate surface area is 148 Å². The molecule has 0 spiro atoms. The highest BCUT2D eigenvalue weighted by atomic mass is 16.2. The number of amides is 1. The van der Waals surface area contributed by atoms with Crippen LogP contribution in [0.5, 0.6) is 0 Å². The van der Waals surface area contributed by atoms with Gasteiger partial charge in [-0.15, -0.1) is 5.10 Å². The van der Waals surface area contributed by atoms with Crippen LogP contribution in [0, 0.1) is 12.8 Å². The molecule has 130 valence electrons. The Morgan fingerprint density at radius 3 is 2.64 bits per heavy atom. The summed E-state index contributed by atoms with van der Waals surface area (Å²) in [7, 11) is 0. The van der Waals surface area contributed by atoms with Crippen molar-refractivity contribution in [2.45, 2.75) is 45.1 Å². The van der Waals surface area contributed by atoms with Gasteiger partial charge in [0.25, 0.3) is 5.91 Å². The number of nitrogens with zero attached hydrogens (tertiary/aromatic N) is 3. The fourth-order valence-corrected chi connectivity index (χ4v) is 4.00. The molecule has 0 radical (unpaired) electrons. The number of nitrogens with one attached hydrogen (secondary N) is 1. The van der Waals surface area contributed by atoms with E-state index in [-0.39, 0.29) is 5.91 Å². The van der Waals surface area contributed by atoms with E-state index in [0.717, 1.165) is 29.9 Å². The minimum Gasteiger partial charge on any atom is -0.339 e. The lowest BCUT2D eigenvalue weighted by Gasteiger charge is -2.44. The van der Waals surface area contributed by atoms with E-state index < -0.39 is 0 Å². The number of carbonyl (C=O) groups is 1. The molecule has 1 atom stereocenters. The number of aromatic nitrogens is 2. The van der Waals surface area contributed by atoms with Gasteiger partial charge in [-0.1, -0.05) is 18.9 Å². The number of hydrogen-bond acceptors (Lipinski definition) is 4. The van der Waals surface area contributed by atoms with Gasteiger partial charge in [0.15, 0.2) is 5.82 Å². The standard InChI is InChI=1S/C20H24N4O/c1-14-9-10-19(23-22-14)21-17-8-4-7-16(13-17)20(25)24-12-11-18(24)15-5-2-3-6-15/h4,7-10,13,15,18H,2-3,5-6,11-12H2,1H3,(H,21,23). The zero-order chi connectivity index (χ0) is 17.2. The van der Waals surface area contributed by atoms with Gasteiger partial charge in [-0.05, 0) is 62.4 Å². The Kier molecular flexibility index (Phi) is 4.38. The average Bonchev–Trinajstić information content (AvgIpc) is 3.10. The smallest absolute Gasteiger partial charge is 0.254 e. The van der Waals surface area contributed by atoms with Crippen molar-refractivity contribution in [3.8, 4) is 0 Å². The van der Waals surface area contributed by atoms with Crippen molar-refractivity contribution in [3.05, 3.63) is 47.7 Å². The van der Waals surface area contributed by atoms with Crippen LogP contribution in [-0.2, 0) is 0 Å². The van der Waals surface area contributed by atoms with Crippen molar-refractivity contribution in [1.29, 1.82) is 0 Å². The van der Waals surface area contributed by atoms with Gasteiger partial charge in [0.05, 0.1) is 5.69 Å². The molecule has 25 heavy (non-hydrogen) atoms. The summed E-state index contributed by atoms with van der Waals surface area (Å²) >= 11 is 0. The summed E-state index contributed by atoms with van der Waals surface area (Å²) in [6, 6.07) is 11.9. The van der Waals surface area contributed by atoms with Crippen molar-refractivity contribution in [2.75, 3.05) is 11.9 Å². The van der Waals surface area contributed by atoms with Crippen molar-refractivity contribution < 1.29 is 4.79 Å². The summed E-state index contributed by atoms with van der Waals surface area (Å²) in [5.41, 5.74) is 2.49. The van der Waals surface area contributed by atoms with Crippen LogP contribution in [0.25, 0.3) is 0 Å². The Balaban J connectivity index is 1.47. The Bertz CT molecular complexity index is 753. The molecule has 0 bridgehead atoms. The van der Waals surface area contributed by atoms with E-state index in [1.54, 1.807) is 0 Å². The maximum atomic E-state index is 12.9. The molecule has 1 N–H and O–H groups in total. The summed E-state index contributed by atoms with van der Waals surface area (Å²) in [6.45, 7) is 2.80. The molecule has 1 aromatic carbocycles. The zero-order valence-electron chi connectivity index (χ0n) is 14.6. The zero-order valence-corrected chi connectivity index (χ0v) is 14.6. The molecule has 1 unspecified atom stereocenters. The van der Waals surface area contributed by atoms with Crippen LogP contribution in [0.1, 0.15) is 48.2 Å². The first-order chi connectivity index (χ1) is 12.2. The molecular weight excluding hydrogens is 312 g/mol. The lowest BCUT2D eigenvalue weighted by molar-refractivity contribution is 0.0308. The van der Waals surface area contributed by atoms with E-state index in [9.17, 15) is 4.79 Å². The third-order valence-electron chi connectivity index (χ3n) is 5.45. The number of hydrogen-bond donors (Lipinski definition) is 1. The lowest BCUT2D eigenvalue weighted by atomic mass is 9.87. The molecule has 4 rings (SSSR count). The highest BCUT2D eigenvalue weighted by Gasteiger charge is 2.39. The van der Waals surface area contributed by atoms with E-state index in [1.165, 1.54) is 25.7 Å². The third-order valence-corrected chi connectivity index (χ3v) is 5.45.